The van der Waals surface area contributed by atoms with E-state index in [1.165, 1.54) is 0 Å². The second-order valence-electron chi connectivity index (χ2n) is 4.27. The second kappa shape index (κ2) is 4.65. The van der Waals surface area contributed by atoms with Gasteiger partial charge >= 0.3 is 0 Å². The molecule has 0 radical (unpaired) electrons. The van der Waals surface area contributed by atoms with Crippen LogP contribution in [0.1, 0.15) is 31.4 Å². The summed E-state index contributed by atoms with van der Waals surface area (Å²) in [5, 5.41) is 2.85. The van der Waals surface area contributed by atoms with Crippen LogP contribution in [0.15, 0.2) is 12.5 Å². The van der Waals surface area contributed by atoms with Crippen molar-refractivity contribution in [3.63, 3.8) is 0 Å². The van der Waals surface area contributed by atoms with Crippen molar-refractivity contribution >= 4 is 5.91 Å². The van der Waals surface area contributed by atoms with Gasteiger partial charge in [-0.05, 0) is 19.3 Å². The summed E-state index contributed by atoms with van der Waals surface area (Å²) in [5.41, 5.74) is 0.714. The van der Waals surface area contributed by atoms with Crippen molar-refractivity contribution in [1.29, 1.82) is 0 Å². The second-order valence-corrected chi connectivity index (χ2v) is 4.27. The lowest BCUT2D eigenvalue weighted by Gasteiger charge is -2.39. The Hall–Kier alpha value is -1.36. The van der Waals surface area contributed by atoms with E-state index in [-0.39, 0.29) is 11.5 Å². The topological polar surface area (TPSA) is 67.0 Å². The van der Waals surface area contributed by atoms with Gasteiger partial charge in [-0.15, -0.1) is 0 Å². The molecule has 5 heteroatoms. The number of H-pyrrole nitrogens is 1. The average molecular weight is 223 g/mol. The highest BCUT2D eigenvalue weighted by Crippen LogP contribution is 2.37. The van der Waals surface area contributed by atoms with Gasteiger partial charge in [0.2, 0.25) is 5.91 Å². The molecule has 0 unspecified atom stereocenters. The molecular formula is C11H17N3O2. The maximum atomic E-state index is 11.7. The number of amides is 1. The van der Waals surface area contributed by atoms with Gasteiger partial charge in [0, 0.05) is 13.3 Å². The molecule has 1 aromatic rings. The number of rotatable bonds is 5. The molecule has 16 heavy (non-hydrogen) atoms. The highest BCUT2D eigenvalue weighted by molar-refractivity contribution is 5.77. The summed E-state index contributed by atoms with van der Waals surface area (Å²) < 4.78 is 5.40. The molecule has 0 spiro atoms. The van der Waals surface area contributed by atoms with Crippen molar-refractivity contribution in [3.05, 3.63) is 18.2 Å². The normalized spacial score (nSPS) is 17.8. The third kappa shape index (κ3) is 2.41. The molecule has 2 N–H and O–H groups in total. The van der Waals surface area contributed by atoms with Crippen LogP contribution in [-0.2, 0) is 16.1 Å². The molecule has 1 aliphatic rings. The summed E-state index contributed by atoms with van der Waals surface area (Å²) in [7, 11) is 1.68. The number of aromatic amines is 1. The Labute approximate surface area is 94.6 Å². The van der Waals surface area contributed by atoms with E-state index in [2.05, 4.69) is 15.3 Å². The minimum absolute atomic E-state index is 0.0381. The number of carbonyl (C=O) groups is 1. The molecule has 0 atom stereocenters. The minimum Gasteiger partial charge on any atom is -0.378 e. The van der Waals surface area contributed by atoms with Gasteiger partial charge in [0.05, 0.1) is 30.6 Å². The Balaban J connectivity index is 1.76. The molecule has 2 rings (SSSR count). The minimum atomic E-state index is -0.196. The first-order valence-electron chi connectivity index (χ1n) is 5.53. The molecule has 0 aromatic carbocycles. The number of imidazole rings is 1. The lowest BCUT2D eigenvalue weighted by Crippen LogP contribution is -2.43. The molecule has 88 valence electrons. The number of hydrogen-bond donors (Lipinski definition) is 2. The lowest BCUT2D eigenvalue weighted by atomic mass is 9.77. The van der Waals surface area contributed by atoms with E-state index in [4.69, 9.17) is 4.74 Å². The van der Waals surface area contributed by atoms with Crippen molar-refractivity contribution in [1.82, 2.24) is 15.3 Å². The first kappa shape index (κ1) is 11.1. The highest BCUT2D eigenvalue weighted by atomic mass is 16.5. The van der Waals surface area contributed by atoms with Crippen LogP contribution in [-0.4, -0.2) is 28.6 Å². The fourth-order valence-electron chi connectivity index (χ4n) is 1.95. The fraction of sp³-hybridized carbons (Fsp3) is 0.636. The predicted octanol–water partition coefficient (Wildman–Crippen LogP) is 0.985. The molecule has 1 amide bonds. The zero-order valence-corrected chi connectivity index (χ0v) is 9.45. The molecule has 0 saturated heterocycles. The Morgan fingerprint density at radius 3 is 3.00 bits per heavy atom. The van der Waals surface area contributed by atoms with Crippen LogP contribution in [0.4, 0.5) is 0 Å². The molecule has 1 heterocycles. The fourth-order valence-corrected chi connectivity index (χ4v) is 1.95. The van der Waals surface area contributed by atoms with Gasteiger partial charge in [0.1, 0.15) is 0 Å². The Kier molecular flexibility index (Phi) is 3.24. The highest BCUT2D eigenvalue weighted by Gasteiger charge is 2.38. The van der Waals surface area contributed by atoms with Crippen molar-refractivity contribution in [2.24, 2.45) is 0 Å². The molecule has 0 bridgehead atoms. The third-order valence-corrected chi connectivity index (χ3v) is 3.21. The van der Waals surface area contributed by atoms with Crippen molar-refractivity contribution in [2.75, 3.05) is 7.11 Å². The number of hydrogen-bond acceptors (Lipinski definition) is 3. The number of methoxy groups -OCH3 is 1. The molecule has 1 aliphatic carbocycles. The van der Waals surface area contributed by atoms with Gasteiger partial charge < -0.3 is 15.0 Å². The number of ether oxygens (including phenoxy) is 1. The molecule has 1 saturated carbocycles. The first-order chi connectivity index (χ1) is 7.74. The van der Waals surface area contributed by atoms with E-state index in [1.807, 2.05) is 0 Å². The Bertz CT molecular complexity index is 339. The van der Waals surface area contributed by atoms with Crippen molar-refractivity contribution in [3.8, 4) is 0 Å². The van der Waals surface area contributed by atoms with Crippen LogP contribution >= 0.6 is 0 Å². The van der Waals surface area contributed by atoms with Gasteiger partial charge in [0.15, 0.2) is 0 Å². The molecule has 5 nitrogen and oxygen atoms in total. The van der Waals surface area contributed by atoms with Crippen LogP contribution in [0.5, 0.6) is 0 Å². The van der Waals surface area contributed by atoms with Gasteiger partial charge in [-0.2, -0.15) is 0 Å². The summed E-state index contributed by atoms with van der Waals surface area (Å²) in [6, 6.07) is 0. The summed E-state index contributed by atoms with van der Waals surface area (Å²) in [6.07, 6.45) is 6.89. The van der Waals surface area contributed by atoms with Crippen LogP contribution in [0.2, 0.25) is 0 Å². The van der Waals surface area contributed by atoms with Crippen LogP contribution in [0.3, 0.4) is 0 Å². The van der Waals surface area contributed by atoms with Gasteiger partial charge in [-0.25, -0.2) is 4.98 Å². The summed E-state index contributed by atoms with van der Waals surface area (Å²) >= 11 is 0. The maximum Gasteiger partial charge on any atom is 0.223 e. The van der Waals surface area contributed by atoms with E-state index in [0.717, 1.165) is 25.0 Å². The largest absolute Gasteiger partial charge is 0.378 e. The first-order valence-corrected chi connectivity index (χ1v) is 5.53. The van der Waals surface area contributed by atoms with Crippen molar-refractivity contribution in [2.45, 2.75) is 37.8 Å². The maximum absolute atomic E-state index is 11.7. The molecule has 1 fully saturated rings. The van der Waals surface area contributed by atoms with Gasteiger partial charge in [0.25, 0.3) is 0 Å². The summed E-state index contributed by atoms with van der Waals surface area (Å²) in [5.74, 6) is 0.0381. The van der Waals surface area contributed by atoms with Crippen LogP contribution < -0.4 is 5.32 Å². The number of nitrogens with one attached hydrogen (secondary N) is 2. The summed E-state index contributed by atoms with van der Waals surface area (Å²) in [6.45, 7) is 0.499. The van der Waals surface area contributed by atoms with Crippen LogP contribution in [0.25, 0.3) is 0 Å². The average Bonchev–Trinajstić information content (AvgIpc) is 2.73. The van der Waals surface area contributed by atoms with Gasteiger partial charge in [-0.1, -0.05) is 0 Å². The monoisotopic (exact) mass is 223 g/mol. The Morgan fingerprint density at radius 1 is 1.69 bits per heavy atom. The number of aromatic nitrogens is 2. The summed E-state index contributed by atoms with van der Waals surface area (Å²) in [4.78, 5) is 18.5. The van der Waals surface area contributed by atoms with Crippen LogP contribution in [0, 0.1) is 0 Å². The standard InChI is InChI=1S/C11H17N3O2/c1-16-11(3-2-4-11)5-10(15)13-7-9-6-12-8-14-9/h6,8H,2-5,7H2,1H3,(H,12,14)(H,13,15). The van der Waals surface area contributed by atoms with E-state index in [1.54, 1.807) is 19.6 Å². The van der Waals surface area contributed by atoms with E-state index >= 15 is 0 Å². The molecule has 1 aromatic heterocycles. The Morgan fingerprint density at radius 2 is 2.50 bits per heavy atom. The SMILES string of the molecule is COC1(CC(=O)NCc2cnc[nH]2)CCC1. The van der Waals surface area contributed by atoms with Gasteiger partial charge in [-0.3, -0.25) is 4.79 Å². The molecular weight excluding hydrogens is 206 g/mol. The van der Waals surface area contributed by atoms with E-state index in [0.29, 0.717) is 13.0 Å². The third-order valence-electron chi connectivity index (χ3n) is 3.21. The zero-order valence-electron chi connectivity index (χ0n) is 9.45. The number of nitrogens with zero attached hydrogens (tertiary/aromatic N) is 1. The van der Waals surface area contributed by atoms with E-state index in [9.17, 15) is 4.79 Å². The number of carbonyl (C=O) groups excluding carboxylic acids is 1. The quantitative estimate of drug-likeness (QED) is 0.782. The smallest absolute Gasteiger partial charge is 0.223 e. The molecule has 0 aliphatic heterocycles. The lowest BCUT2D eigenvalue weighted by molar-refractivity contribution is -0.134. The van der Waals surface area contributed by atoms with Crippen molar-refractivity contribution < 1.29 is 9.53 Å². The zero-order chi connectivity index (χ0) is 11.4. The predicted molar refractivity (Wildman–Crippen MR) is 58.6 cm³/mol. The van der Waals surface area contributed by atoms with E-state index < -0.39 is 0 Å².